The molecule has 0 saturated heterocycles. The first kappa shape index (κ1) is 15.0. The summed E-state index contributed by atoms with van der Waals surface area (Å²) in [4.78, 5) is 25.8. The van der Waals surface area contributed by atoms with Crippen molar-refractivity contribution in [3.8, 4) is 0 Å². The highest BCUT2D eigenvalue weighted by molar-refractivity contribution is 5.92. The number of esters is 2. The Labute approximate surface area is 110 Å². The van der Waals surface area contributed by atoms with Crippen molar-refractivity contribution in [2.75, 3.05) is 25.6 Å². The number of ether oxygens (including phenoxy) is 3. The zero-order chi connectivity index (χ0) is 14.3. The molecule has 0 aliphatic rings. The zero-order valence-electron chi connectivity index (χ0n) is 10.9. The van der Waals surface area contributed by atoms with Crippen molar-refractivity contribution >= 4 is 17.8 Å². The van der Waals surface area contributed by atoms with Crippen LogP contribution >= 0.6 is 0 Å². The molecule has 0 fully saturated rings. The molecule has 0 unspecified atom stereocenters. The third kappa shape index (κ3) is 4.59. The molecule has 0 aliphatic carbocycles. The molecule has 19 heavy (non-hydrogen) atoms. The van der Waals surface area contributed by atoms with E-state index in [0.717, 1.165) is 0 Å². The number of hydrogen-bond donors (Lipinski definition) is 1. The molecule has 0 bridgehead atoms. The third-order valence-corrected chi connectivity index (χ3v) is 2.11. The van der Waals surface area contributed by atoms with Crippen LogP contribution in [0.2, 0.25) is 0 Å². The number of hydrogen-bond acceptors (Lipinski definition) is 7. The monoisotopic (exact) mass is 271 g/mol. The number of carbonyl (C=O) groups excluding carboxylic acids is 2. The van der Waals surface area contributed by atoms with Crippen LogP contribution in [0, 0.1) is 0 Å². The van der Waals surface area contributed by atoms with Crippen molar-refractivity contribution in [2.24, 2.45) is 0 Å². The maximum absolute atomic E-state index is 11.5. The Bertz CT molecular complexity index is 444. The van der Waals surface area contributed by atoms with Crippen molar-refractivity contribution in [1.29, 1.82) is 0 Å². The summed E-state index contributed by atoms with van der Waals surface area (Å²) < 4.78 is 16.2. The molecular formula is C11H17N3O5. The molecule has 0 aromatic carbocycles. The number of imidazole rings is 1. The molecule has 1 rings (SSSR count). The van der Waals surface area contributed by atoms with E-state index in [0.29, 0.717) is 0 Å². The fourth-order valence-corrected chi connectivity index (χ4v) is 1.26. The van der Waals surface area contributed by atoms with Crippen LogP contribution in [-0.2, 0) is 25.7 Å². The minimum atomic E-state index is -0.571. The molecule has 8 heteroatoms. The molecule has 1 aromatic rings. The number of nitrogens with two attached hydrogens (primary N) is 1. The molecule has 0 amide bonds. The van der Waals surface area contributed by atoms with Gasteiger partial charge in [0.2, 0.25) is 0 Å². The first-order valence-corrected chi connectivity index (χ1v) is 5.75. The van der Waals surface area contributed by atoms with E-state index in [9.17, 15) is 9.59 Å². The lowest BCUT2D eigenvalue weighted by atomic mass is 10.4. The average molecular weight is 271 g/mol. The van der Waals surface area contributed by atoms with Gasteiger partial charge in [0.25, 0.3) is 0 Å². The van der Waals surface area contributed by atoms with Crippen LogP contribution < -0.4 is 5.73 Å². The lowest BCUT2D eigenvalue weighted by Crippen LogP contribution is -2.13. The van der Waals surface area contributed by atoms with Gasteiger partial charge >= 0.3 is 11.9 Å². The Morgan fingerprint density at radius 2 is 2.11 bits per heavy atom. The summed E-state index contributed by atoms with van der Waals surface area (Å²) >= 11 is 0. The third-order valence-electron chi connectivity index (χ3n) is 2.11. The van der Waals surface area contributed by atoms with Gasteiger partial charge in [0.1, 0.15) is 19.2 Å². The number of anilines is 1. The summed E-state index contributed by atoms with van der Waals surface area (Å²) in [6.07, 6.45) is 1.38. The van der Waals surface area contributed by atoms with Crippen LogP contribution in [0.4, 0.5) is 5.82 Å². The summed E-state index contributed by atoms with van der Waals surface area (Å²) in [6, 6.07) is 0. The summed E-state index contributed by atoms with van der Waals surface area (Å²) in [7, 11) is 0. The van der Waals surface area contributed by atoms with E-state index in [2.05, 4.69) is 4.98 Å². The van der Waals surface area contributed by atoms with Crippen LogP contribution in [-0.4, -0.2) is 41.3 Å². The molecule has 0 radical (unpaired) electrons. The van der Waals surface area contributed by atoms with Crippen LogP contribution in [0.5, 0.6) is 0 Å². The Morgan fingerprint density at radius 1 is 1.37 bits per heavy atom. The topological polar surface area (TPSA) is 106 Å². The van der Waals surface area contributed by atoms with Crippen LogP contribution in [0.3, 0.4) is 0 Å². The van der Waals surface area contributed by atoms with Gasteiger partial charge in [-0.1, -0.05) is 0 Å². The second-order valence-corrected chi connectivity index (χ2v) is 3.55. The molecule has 0 saturated carbocycles. The fraction of sp³-hybridized carbons (Fsp3) is 0.545. The van der Waals surface area contributed by atoms with E-state index in [4.69, 9.17) is 19.9 Å². The van der Waals surface area contributed by atoms with Crippen molar-refractivity contribution in [2.45, 2.75) is 20.6 Å². The van der Waals surface area contributed by atoms with Gasteiger partial charge < -0.3 is 19.9 Å². The van der Waals surface area contributed by atoms with E-state index >= 15 is 0 Å². The Hall–Kier alpha value is -2.09. The smallest absolute Gasteiger partial charge is 0.360 e. The van der Waals surface area contributed by atoms with E-state index in [-0.39, 0.29) is 44.0 Å². The van der Waals surface area contributed by atoms with E-state index in [1.807, 2.05) is 0 Å². The summed E-state index contributed by atoms with van der Waals surface area (Å²) in [5.41, 5.74) is 5.79. The van der Waals surface area contributed by atoms with Gasteiger partial charge in [-0.2, -0.15) is 0 Å². The highest BCUT2D eigenvalue weighted by Crippen LogP contribution is 2.11. The second-order valence-electron chi connectivity index (χ2n) is 3.55. The van der Waals surface area contributed by atoms with E-state index in [1.165, 1.54) is 17.8 Å². The largest absolute Gasteiger partial charge is 0.463 e. The molecule has 1 aromatic heterocycles. The average Bonchev–Trinajstić information content (AvgIpc) is 2.70. The predicted molar refractivity (Wildman–Crippen MR) is 65.2 cm³/mol. The molecule has 8 nitrogen and oxygen atoms in total. The lowest BCUT2D eigenvalue weighted by Gasteiger charge is -2.07. The number of carbonyl (C=O) groups is 2. The van der Waals surface area contributed by atoms with Gasteiger partial charge in [0, 0.05) is 6.92 Å². The predicted octanol–water partition coefficient (Wildman–Crippen LogP) is 0.179. The molecule has 0 atom stereocenters. The molecule has 0 spiro atoms. The van der Waals surface area contributed by atoms with E-state index in [1.54, 1.807) is 6.92 Å². The van der Waals surface area contributed by atoms with Gasteiger partial charge in [-0.15, -0.1) is 0 Å². The van der Waals surface area contributed by atoms with Crippen molar-refractivity contribution in [3.05, 3.63) is 12.0 Å². The summed E-state index contributed by atoms with van der Waals surface area (Å²) in [6.45, 7) is 3.77. The van der Waals surface area contributed by atoms with Crippen molar-refractivity contribution in [1.82, 2.24) is 9.55 Å². The first-order chi connectivity index (χ1) is 9.06. The number of aromatic nitrogens is 2. The fourth-order valence-electron chi connectivity index (χ4n) is 1.26. The first-order valence-electron chi connectivity index (χ1n) is 5.75. The molecule has 0 aliphatic heterocycles. The number of rotatable bonds is 7. The Morgan fingerprint density at radius 3 is 2.74 bits per heavy atom. The van der Waals surface area contributed by atoms with Gasteiger partial charge in [0.05, 0.1) is 19.5 Å². The maximum Gasteiger partial charge on any atom is 0.360 e. The quantitative estimate of drug-likeness (QED) is 0.557. The van der Waals surface area contributed by atoms with Crippen molar-refractivity contribution in [3.63, 3.8) is 0 Å². The zero-order valence-corrected chi connectivity index (χ0v) is 10.9. The molecule has 1 heterocycles. The van der Waals surface area contributed by atoms with Gasteiger partial charge in [-0.3, -0.25) is 9.36 Å². The molecule has 106 valence electrons. The highest BCUT2D eigenvalue weighted by Gasteiger charge is 2.16. The SMILES string of the molecule is CCOC(=O)c1ncn(COCCOC(C)=O)c1N. The van der Waals surface area contributed by atoms with Gasteiger partial charge in [-0.25, -0.2) is 9.78 Å². The number of nitrogen functional groups attached to an aromatic ring is 1. The minimum Gasteiger partial charge on any atom is -0.463 e. The Kier molecular flexibility index (Phi) is 5.80. The molecular weight excluding hydrogens is 254 g/mol. The van der Waals surface area contributed by atoms with E-state index < -0.39 is 5.97 Å². The summed E-state index contributed by atoms with van der Waals surface area (Å²) in [5.74, 6) is -0.764. The summed E-state index contributed by atoms with van der Waals surface area (Å²) in [5, 5.41) is 0. The van der Waals surface area contributed by atoms with Crippen LogP contribution in [0.15, 0.2) is 6.33 Å². The number of nitrogens with zero attached hydrogens (tertiary/aromatic N) is 2. The lowest BCUT2D eigenvalue weighted by molar-refractivity contribution is -0.142. The molecule has 2 N–H and O–H groups in total. The van der Waals surface area contributed by atoms with Crippen LogP contribution in [0.25, 0.3) is 0 Å². The van der Waals surface area contributed by atoms with Gasteiger partial charge in [0.15, 0.2) is 5.69 Å². The second kappa shape index (κ2) is 7.37. The van der Waals surface area contributed by atoms with Gasteiger partial charge in [-0.05, 0) is 6.92 Å². The highest BCUT2D eigenvalue weighted by atomic mass is 16.6. The minimum absolute atomic E-state index is 0.0606. The maximum atomic E-state index is 11.5. The Balaban J connectivity index is 2.43. The normalized spacial score (nSPS) is 10.2. The van der Waals surface area contributed by atoms with Crippen LogP contribution in [0.1, 0.15) is 24.3 Å². The standard InChI is InChI=1S/C11H17N3O5/c1-3-18-11(16)9-10(12)14(6-13-9)7-17-4-5-19-8(2)15/h6H,3-5,7,12H2,1-2H3. The van der Waals surface area contributed by atoms with Crippen molar-refractivity contribution < 1.29 is 23.8 Å².